The van der Waals surface area contributed by atoms with Gasteiger partial charge in [-0.2, -0.15) is 0 Å². The predicted octanol–water partition coefficient (Wildman–Crippen LogP) is 2.02. The Hall–Kier alpha value is -3.38. The summed E-state index contributed by atoms with van der Waals surface area (Å²) < 4.78 is 64.8. The number of hydrogen-bond donors (Lipinski definition) is 0. The second kappa shape index (κ2) is 19.1. The van der Waals surface area contributed by atoms with Crippen molar-refractivity contribution in [2.45, 2.75) is 144 Å². The van der Waals surface area contributed by atoms with Crippen molar-refractivity contribution >= 4 is 35.8 Å². The molecule has 3 aliphatic rings. The summed E-state index contributed by atoms with van der Waals surface area (Å²) in [4.78, 5) is 72.2. The van der Waals surface area contributed by atoms with Crippen molar-refractivity contribution in [2.75, 3.05) is 19.8 Å². The Morgan fingerprint density at radius 1 is 0.404 bits per heavy atom. The van der Waals surface area contributed by atoms with Crippen LogP contribution in [0, 0.1) is 23.7 Å². The van der Waals surface area contributed by atoms with Crippen LogP contribution in [0.2, 0.25) is 0 Å². The first kappa shape index (κ1) is 43.0. The highest BCUT2D eigenvalue weighted by Crippen LogP contribution is 2.40. The Kier molecular flexibility index (Phi) is 15.8. The lowest BCUT2D eigenvalue weighted by Crippen LogP contribution is -2.63. The fourth-order valence-corrected chi connectivity index (χ4v) is 6.86. The zero-order valence-corrected chi connectivity index (χ0v) is 31.7. The summed E-state index contributed by atoms with van der Waals surface area (Å²) in [6.07, 6.45) is -10.5. The van der Waals surface area contributed by atoms with Gasteiger partial charge in [0.2, 0.25) is 0 Å². The van der Waals surface area contributed by atoms with Gasteiger partial charge in [-0.15, -0.1) is 0 Å². The van der Waals surface area contributed by atoms with Crippen LogP contribution in [0.15, 0.2) is 0 Å². The van der Waals surface area contributed by atoms with E-state index in [2.05, 4.69) is 0 Å². The molecular formula is C35H54O17. The van der Waals surface area contributed by atoms with E-state index in [-0.39, 0.29) is 31.7 Å². The van der Waals surface area contributed by atoms with Gasteiger partial charge in [0.25, 0.3) is 0 Å². The lowest BCUT2D eigenvalue weighted by molar-refractivity contribution is -0.359. The predicted molar refractivity (Wildman–Crippen MR) is 175 cm³/mol. The highest BCUT2D eigenvalue weighted by atomic mass is 16.8. The van der Waals surface area contributed by atoms with Crippen LogP contribution in [-0.2, 0) is 80.9 Å². The normalized spacial score (nSPS) is 37.6. The van der Waals surface area contributed by atoms with Gasteiger partial charge in [0.05, 0.1) is 24.4 Å². The molecule has 0 N–H and O–H groups in total. The Bertz CT molecular complexity index is 1270. The molecule has 0 aliphatic carbocycles. The summed E-state index contributed by atoms with van der Waals surface area (Å²) >= 11 is 0. The zero-order chi connectivity index (χ0) is 39.0. The smallest absolute Gasteiger partial charge is 0.303 e. The average molecular weight is 747 g/mol. The van der Waals surface area contributed by atoms with Crippen molar-refractivity contribution in [3.63, 3.8) is 0 Å². The van der Waals surface area contributed by atoms with Crippen molar-refractivity contribution in [2.24, 2.45) is 23.7 Å². The SMILES string of the molecule is CC(=O)OCC1O[C@@H](O[C@@H]2C(COC(C)=O)O[C@@H](O[C@@H]3C(COC(C)=O)O[C@@H](C)C(OC(C)=O)[C@H]3C)C(OC(C)=O)[C@H]2C)C(OC(C)=O)[C@@H](C)[C@@H]1C. The monoisotopic (exact) mass is 746 g/mol. The van der Waals surface area contributed by atoms with E-state index in [1.807, 2.05) is 13.8 Å². The number of esters is 6. The summed E-state index contributed by atoms with van der Waals surface area (Å²) in [6, 6.07) is 0. The number of hydrogen-bond acceptors (Lipinski definition) is 17. The van der Waals surface area contributed by atoms with Crippen LogP contribution in [-0.4, -0.2) is 123 Å². The van der Waals surface area contributed by atoms with Crippen LogP contribution in [0.1, 0.15) is 76.2 Å². The van der Waals surface area contributed by atoms with E-state index in [9.17, 15) is 28.8 Å². The molecule has 3 fully saturated rings. The Labute approximate surface area is 303 Å². The first-order valence-electron chi connectivity index (χ1n) is 17.5. The van der Waals surface area contributed by atoms with Gasteiger partial charge in [-0.1, -0.05) is 27.7 Å². The number of ether oxygens (including phenoxy) is 11. The van der Waals surface area contributed by atoms with Crippen LogP contribution in [0.25, 0.3) is 0 Å². The Morgan fingerprint density at radius 3 is 1.17 bits per heavy atom. The molecule has 0 amide bonds. The Balaban J connectivity index is 2.01. The first-order valence-corrected chi connectivity index (χ1v) is 17.5. The molecule has 0 saturated carbocycles. The molecule has 15 atom stereocenters. The minimum Gasteiger partial charge on any atom is -0.463 e. The molecule has 6 unspecified atom stereocenters. The van der Waals surface area contributed by atoms with Gasteiger partial charge in [-0.3, -0.25) is 28.8 Å². The second-order valence-electron chi connectivity index (χ2n) is 13.7. The summed E-state index contributed by atoms with van der Waals surface area (Å²) in [5, 5.41) is 0. The van der Waals surface area contributed by atoms with E-state index in [4.69, 9.17) is 52.1 Å². The fourth-order valence-electron chi connectivity index (χ4n) is 6.86. The maximum Gasteiger partial charge on any atom is 0.303 e. The van der Waals surface area contributed by atoms with Crippen molar-refractivity contribution in [3.8, 4) is 0 Å². The number of rotatable bonds is 13. The van der Waals surface area contributed by atoms with Crippen molar-refractivity contribution in [1.82, 2.24) is 0 Å². The molecule has 0 aromatic rings. The third kappa shape index (κ3) is 11.6. The Morgan fingerprint density at radius 2 is 0.750 bits per heavy atom. The maximum absolute atomic E-state index is 12.5. The minimum atomic E-state index is -1.33. The van der Waals surface area contributed by atoms with Crippen LogP contribution in [0.3, 0.4) is 0 Å². The topological polar surface area (TPSA) is 204 Å². The number of carbonyl (C=O) groups excluding carboxylic acids is 6. The molecule has 3 saturated heterocycles. The highest BCUT2D eigenvalue weighted by Gasteiger charge is 2.54. The molecule has 17 heteroatoms. The van der Waals surface area contributed by atoms with Gasteiger partial charge >= 0.3 is 35.8 Å². The van der Waals surface area contributed by atoms with Gasteiger partial charge in [0.1, 0.15) is 38.1 Å². The van der Waals surface area contributed by atoms with E-state index >= 15 is 0 Å². The quantitative estimate of drug-likeness (QED) is 0.195. The molecule has 0 aromatic heterocycles. The van der Waals surface area contributed by atoms with E-state index < -0.39 is 115 Å². The van der Waals surface area contributed by atoms with E-state index in [1.165, 1.54) is 41.5 Å². The number of carbonyl (C=O) groups is 6. The lowest BCUT2D eigenvalue weighted by Gasteiger charge is -2.50. The van der Waals surface area contributed by atoms with E-state index in [0.29, 0.717) is 0 Å². The van der Waals surface area contributed by atoms with Crippen LogP contribution in [0.5, 0.6) is 0 Å². The molecule has 0 aromatic carbocycles. The van der Waals surface area contributed by atoms with Crippen LogP contribution >= 0.6 is 0 Å². The standard InChI is InChI=1S/C35H54O17/c1-15-16(2)32(47-24(10)40)34(49-26(15)12-42-20(6)36)52-31-18(4)33(48-25(11)41)35(50-28(31)14-44-22(8)38)51-30-17(3)29(46-23(9)39)19(5)45-27(30)13-43-21(7)37/h15-19,26-35H,12-14H2,1-11H3/t15-,16-,17+,18-,19-,26?,27?,28?,29?,30-,31-,32?,33?,34-,35-/m0/s1. The first-order chi connectivity index (χ1) is 24.3. The van der Waals surface area contributed by atoms with Crippen molar-refractivity contribution in [3.05, 3.63) is 0 Å². The summed E-state index contributed by atoms with van der Waals surface area (Å²) in [5.74, 6) is -5.31. The molecule has 52 heavy (non-hydrogen) atoms. The molecular weight excluding hydrogens is 692 g/mol. The average Bonchev–Trinajstić information content (AvgIpc) is 3.03. The van der Waals surface area contributed by atoms with Crippen LogP contribution < -0.4 is 0 Å². The van der Waals surface area contributed by atoms with Gasteiger partial charge in [-0.25, -0.2) is 0 Å². The molecule has 0 spiro atoms. The molecule has 3 aliphatic heterocycles. The van der Waals surface area contributed by atoms with Crippen LogP contribution in [0.4, 0.5) is 0 Å². The molecule has 3 rings (SSSR count). The largest absolute Gasteiger partial charge is 0.463 e. The summed E-state index contributed by atoms with van der Waals surface area (Å²) in [7, 11) is 0. The highest BCUT2D eigenvalue weighted by molar-refractivity contribution is 5.67. The molecule has 0 bridgehead atoms. The fraction of sp³-hybridized carbons (Fsp3) is 0.829. The lowest BCUT2D eigenvalue weighted by atomic mass is 9.83. The molecule has 3 heterocycles. The van der Waals surface area contributed by atoms with Gasteiger partial charge < -0.3 is 52.1 Å². The van der Waals surface area contributed by atoms with Crippen molar-refractivity contribution < 1.29 is 80.9 Å². The third-order valence-electron chi connectivity index (χ3n) is 9.59. The second-order valence-corrected chi connectivity index (χ2v) is 13.7. The van der Waals surface area contributed by atoms with Crippen molar-refractivity contribution in [1.29, 1.82) is 0 Å². The summed E-state index contributed by atoms with van der Waals surface area (Å²) in [5.41, 5.74) is 0. The third-order valence-corrected chi connectivity index (χ3v) is 9.59. The zero-order valence-electron chi connectivity index (χ0n) is 31.7. The maximum atomic E-state index is 12.5. The molecule has 296 valence electrons. The van der Waals surface area contributed by atoms with E-state index in [0.717, 1.165) is 0 Å². The van der Waals surface area contributed by atoms with E-state index in [1.54, 1.807) is 20.8 Å². The summed E-state index contributed by atoms with van der Waals surface area (Å²) in [6.45, 7) is 15.8. The van der Waals surface area contributed by atoms with Gasteiger partial charge in [0.15, 0.2) is 24.8 Å². The molecule has 17 nitrogen and oxygen atoms in total. The van der Waals surface area contributed by atoms with Gasteiger partial charge in [0, 0.05) is 59.3 Å². The molecule has 0 radical (unpaired) electrons. The minimum absolute atomic E-state index is 0.0871. The van der Waals surface area contributed by atoms with Gasteiger partial charge in [-0.05, 0) is 12.8 Å².